The van der Waals surface area contributed by atoms with E-state index in [9.17, 15) is 39.3 Å². The minimum Gasteiger partial charge on any atom is -0.465 e. The van der Waals surface area contributed by atoms with E-state index < -0.39 is 73.0 Å². The number of aliphatic hydroxyl groups excluding tert-OH is 3. The van der Waals surface area contributed by atoms with Crippen LogP contribution < -0.4 is 16.0 Å². The van der Waals surface area contributed by atoms with Gasteiger partial charge in [0.05, 0.1) is 32.8 Å². The lowest BCUT2D eigenvalue weighted by atomic mass is 9.90. The molecular weight excluding hydrogens is 618 g/mol. The summed E-state index contributed by atoms with van der Waals surface area (Å²) < 4.78 is 22.0. The van der Waals surface area contributed by atoms with Crippen molar-refractivity contribution in [2.75, 3.05) is 33.0 Å². The zero-order valence-corrected chi connectivity index (χ0v) is 27.4. The predicted octanol–water partition coefficient (Wildman–Crippen LogP) is -0.0350. The molecule has 1 heterocycles. The smallest absolute Gasteiger partial charge is 0.329 e. The van der Waals surface area contributed by atoms with Gasteiger partial charge in [0, 0.05) is 26.3 Å². The van der Waals surface area contributed by atoms with Crippen molar-refractivity contribution in [1.82, 2.24) is 16.0 Å². The van der Waals surface area contributed by atoms with Gasteiger partial charge < -0.3 is 50.2 Å². The highest BCUT2D eigenvalue weighted by Gasteiger charge is 2.45. The molecule has 0 aromatic heterocycles. The van der Waals surface area contributed by atoms with Crippen LogP contribution in [0.3, 0.4) is 0 Å². The molecule has 0 bridgehead atoms. The van der Waals surface area contributed by atoms with Gasteiger partial charge in [-0.15, -0.1) is 0 Å². The molecule has 3 rings (SSSR count). The number of rotatable bonds is 17. The summed E-state index contributed by atoms with van der Waals surface area (Å²) in [7, 11) is 0. The number of amides is 3. The van der Waals surface area contributed by atoms with Crippen LogP contribution in [0.1, 0.15) is 90.4 Å². The van der Waals surface area contributed by atoms with Crippen LogP contribution in [0, 0.1) is 11.8 Å². The van der Waals surface area contributed by atoms with Crippen LogP contribution in [0.4, 0.5) is 0 Å². The van der Waals surface area contributed by atoms with Gasteiger partial charge in [0.2, 0.25) is 17.7 Å². The summed E-state index contributed by atoms with van der Waals surface area (Å²) in [5.74, 6) is -2.33. The topological polar surface area (TPSA) is 219 Å². The lowest BCUT2D eigenvalue weighted by Gasteiger charge is -2.42. The first-order chi connectivity index (χ1) is 22.6. The van der Waals surface area contributed by atoms with Crippen LogP contribution in [0.25, 0.3) is 0 Å². The van der Waals surface area contributed by atoms with Crippen molar-refractivity contribution in [1.29, 1.82) is 0 Å². The number of carbonyl (C=O) groups is 5. The Morgan fingerprint density at radius 2 is 1.43 bits per heavy atom. The lowest BCUT2D eigenvalue weighted by molar-refractivity contribution is -0.269. The number of ether oxygens (including phenoxy) is 4. The quantitative estimate of drug-likeness (QED) is 0.0887. The summed E-state index contributed by atoms with van der Waals surface area (Å²) in [5.41, 5.74) is 0. The Hall–Kier alpha value is -2.85. The fourth-order valence-corrected chi connectivity index (χ4v) is 6.20. The van der Waals surface area contributed by atoms with Crippen LogP contribution in [-0.2, 0) is 42.9 Å². The van der Waals surface area contributed by atoms with Crippen LogP contribution in [-0.4, -0.2) is 115 Å². The average molecular weight is 672 g/mol. The number of carbonyl (C=O) groups excluding carboxylic acids is 5. The number of hydrogen-bond donors (Lipinski definition) is 6. The monoisotopic (exact) mass is 671 g/mol. The maximum Gasteiger partial charge on any atom is 0.329 e. The first-order valence-corrected chi connectivity index (χ1v) is 17.0. The van der Waals surface area contributed by atoms with E-state index >= 15 is 0 Å². The maximum absolute atomic E-state index is 13.0. The molecule has 2 aliphatic carbocycles. The van der Waals surface area contributed by atoms with E-state index in [0.717, 1.165) is 57.8 Å². The van der Waals surface area contributed by atoms with E-state index in [1.165, 1.54) is 13.3 Å². The highest BCUT2D eigenvalue weighted by molar-refractivity contribution is 5.89. The predicted molar refractivity (Wildman–Crippen MR) is 165 cm³/mol. The van der Waals surface area contributed by atoms with Gasteiger partial charge in [0.1, 0.15) is 30.4 Å². The van der Waals surface area contributed by atoms with Crippen molar-refractivity contribution in [3.63, 3.8) is 0 Å². The van der Waals surface area contributed by atoms with Crippen molar-refractivity contribution in [2.24, 2.45) is 11.8 Å². The van der Waals surface area contributed by atoms with E-state index in [2.05, 4.69) is 16.0 Å². The summed E-state index contributed by atoms with van der Waals surface area (Å²) >= 11 is 0. The highest BCUT2D eigenvalue weighted by atomic mass is 16.7. The SMILES string of the molecule is CC(=O)N[C@H]1[C@H](OCCNC(=O)CCC(=O)NC(CC(=O)OCC2CCCCC2)C(=O)OCC2CCCCC2)O[C@H](CO)[C@H](O)[C@@H]1O. The molecule has 1 aliphatic heterocycles. The van der Waals surface area contributed by atoms with Crippen LogP contribution in [0.15, 0.2) is 0 Å². The van der Waals surface area contributed by atoms with Gasteiger partial charge in [-0.25, -0.2) is 4.79 Å². The summed E-state index contributed by atoms with van der Waals surface area (Å²) in [5, 5.41) is 37.4. The molecular formula is C32H53N3O12. The molecule has 1 saturated heterocycles. The van der Waals surface area contributed by atoms with Crippen molar-refractivity contribution < 1.29 is 58.2 Å². The second-order valence-corrected chi connectivity index (χ2v) is 12.8. The third-order valence-electron chi connectivity index (χ3n) is 8.92. The van der Waals surface area contributed by atoms with Gasteiger partial charge >= 0.3 is 11.9 Å². The van der Waals surface area contributed by atoms with Crippen molar-refractivity contribution in [3.05, 3.63) is 0 Å². The third-order valence-corrected chi connectivity index (χ3v) is 8.92. The summed E-state index contributed by atoms with van der Waals surface area (Å²) in [6.45, 7) is 1.01. The van der Waals surface area contributed by atoms with E-state index in [0.29, 0.717) is 5.92 Å². The molecule has 2 saturated carbocycles. The molecule has 1 unspecified atom stereocenters. The second-order valence-electron chi connectivity index (χ2n) is 12.8. The van der Waals surface area contributed by atoms with Crippen LogP contribution in [0.5, 0.6) is 0 Å². The molecule has 0 aromatic rings. The third kappa shape index (κ3) is 13.7. The molecule has 3 fully saturated rings. The molecule has 6 N–H and O–H groups in total. The van der Waals surface area contributed by atoms with E-state index in [-0.39, 0.29) is 51.5 Å². The van der Waals surface area contributed by atoms with E-state index in [4.69, 9.17) is 18.9 Å². The Balaban J connectivity index is 1.43. The largest absolute Gasteiger partial charge is 0.465 e. The Bertz CT molecular complexity index is 1020. The molecule has 6 atom stereocenters. The van der Waals surface area contributed by atoms with Crippen LogP contribution in [0.2, 0.25) is 0 Å². The van der Waals surface area contributed by atoms with Crippen molar-refractivity contribution in [3.8, 4) is 0 Å². The first kappa shape index (κ1) is 38.6. The molecule has 3 aliphatic rings. The van der Waals surface area contributed by atoms with E-state index in [1.54, 1.807) is 0 Å². The molecule has 15 nitrogen and oxygen atoms in total. The number of hydrogen-bond acceptors (Lipinski definition) is 12. The number of esters is 2. The molecule has 47 heavy (non-hydrogen) atoms. The Morgan fingerprint density at radius 1 is 0.830 bits per heavy atom. The lowest BCUT2D eigenvalue weighted by Crippen LogP contribution is -2.64. The van der Waals surface area contributed by atoms with Gasteiger partial charge in [0.15, 0.2) is 6.29 Å². The minimum absolute atomic E-state index is 0.0154. The first-order valence-electron chi connectivity index (χ1n) is 17.0. The molecule has 0 aromatic carbocycles. The average Bonchev–Trinajstić information content (AvgIpc) is 3.07. The van der Waals surface area contributed by atoms with Gasteiger partial charge in [-0.2, -0.15) is 0 Å². The number of nitrogens with one attached hydrogen (secondary N) is 3. The van der Waals surface area contributed by atoms with Gasteiger partial charge in [0.25, 0.3) is 0 Å². The molecule has 15 heteroatoms. The van der Waals surface area contributed by atoms with Gasteiger partial charge in [-0.3, -0.25) is 19.2 Å². The minimum atomic E-state index is -1.46. The molecule has 3 amide bonds. The fourth-order valence-electron chi connectivity index (χ4n) is 6.20. The normalized spacial score (nSPS) is 26.1. The van der Waals surface area contributed by atoms with Crippen molar-refractivity contribution >= 4 is 29.7 Å². The zero-order chi connectivity index (χ0) is 34.2. The Kier molecular flexibility index (Phi) is 16.8. The fraction of sp³-hybridized carbons (Fsp3) is 0.844. The van der Waals surface area contributed by atoms with Gasteiger partial charge in [-0.05, 0) is 37.5 Å². The Morgan fingerprint density at radius 3 is 2.02 bits per heavy atom. The highest BCUT2D eigenvalue weighted by Crippen LogP contribution is 2.25. The summed E-state index contributed by atoms with van der Waals surface area (Å²) in [4.78, 5) is 62.3. The Labute approximate surface area is 275 Å². The van der Waals surface area contributed by atoms with Crippen LogP contribution >= 0.6 is 0 Å². The standard InChI is InChI=1S/C32H53N3O12/c1-20(37)34-28-30(42)29(41)24(17-36)47-32(28)44-15-14-33-25(38)12-13-26(39)35-23(31(43)46-19-22-10-6-3-7-11-22)16-27(40)45-18-21-8-4-2-5-9-21/h21-24,28-30,32,36,41-42H,2-19H2,1H3,(H,33,38)(H,34,37)(H,35,39)/t23?,24-,28-,29+,30-,32-/m1/s1. The summed E-state index contributed by atoms with van der Waals surface area (Å²) in [6, 6.07) is -2.35. The summed E-state index contributed by atoms with van der Waals surface area (Å²) in [6.07, 6.45) is 4.51. The zero-order valence-electron chi connectivity index (χ0n) is 27.4. The van der Waals surface area contributed by atoms with E-state index in [1.807, 2.05) is 0 Å². The molecule has 0 spiro atoms. The number of aliphatic hydroxyl groups is 3. The maximum atomic E-state index is 13.0. The molecule has 268 valence electrons. The van der Waals surface area contributed by atoms with Crippen molar-refractivity contribution in [2.45, 2.75) is 127 Å². The molecule has 0 radical (unpaired) electrons. The van der Waals surface area contributed by atoms with Gasteiger partial charge in [-0.1, -0.05) is 38.5 Å². The second kappa shape index (κ2) is 20.5.